The molecule has 0 N–H and O–H groups in total. The number of ether oxygens (including phenoxy) is 2. The van der Waals surface area contributed by atoms with Crippen molar-refractivity contribution in [1.29, 1.82) is 0 Å². The quantitative estimate of drug-likeness (QED) is 0.640. The molecule has 1 aliphatic heterocycles. The van der Waals surface area contributed by atoms with E-state index in [-0.39, 0.29) is 18.4 Å². The number of hydrogen-bond donors (Lipinski definition) is 0. The van der Waals surface area contributed by atoms with Gasteiger partial charge in [-0.2, -0.15) is 0 Å². The number of thiazole rings is 1. The molecule has 1 amide bonds. The van der Waals surface area contributed by atoms with Crippen LogP contribution in [0.15, 0.2) is 54.2 Å². The van der Waals surface area contributed by atoms with Crippen molar-refractivity contribution in [1.82, 2.24) is 14.9 Å². The van der Waals surface area contributed by atoms with Crippen molar-refractivity contribution in [3.05, 3.63) is 59.9 Å². The minimum Gasteiger partial charge on any atom is -0.486 e. The lowest BCUT2D eigenvalue weighted by Crippen LogP contribution is -2.44. The molecule has 1 unspecified atom stereocenters. The summed E-state index contributed by atoms with van der Waals surface area (Å²) in [5.74, 6) is 1.51. The summed E-state index contributed by atoms with van der Waals surface area (Å²) >= 11 is 1.53. The van der Waals surface area contributed by atoms with Crippen LogP contribution >= 0.6 is 11.3 Å². The third-order valence-electron chi connectivity index (χ3n) is 4.52. The molecule has 2 aromatic heterocycles. The lowest BCUT2D eigenvalue weighted by molar-refractivity contribution is -0.131. The Morgan fingerprint density at radius 1 is 1.25 bits per heavy atom. The molecule has 0 fully saturated rings. The number of carbonyl (C=O) groups excluding carboxylic acids is 1. The first-order valence-corrected chi connectivity index (χ1v) is 10.1. The number of rotatable bonds is 6. The van der Waals surface area contributed by atoms with Crippen molar-refractivity contribution >= 4 is 17.2 Å². The van der Waals surface area contributed by atoms with E-state index >= 15 is 0 Å². The summed E-state index contributed by atoms with van der Waals surface area (Å²) in [6.07, 6.45) is 3.60. The van der Waals surface area contributed by atoms with Gasteiger partial charge >= 0.3 is 0 Å². The second kappa shape index (κ2) is 8.39. The molecule has 0 radical (unpaired) electrons. The first kappa shape index (κ1) is 18.4. The predicted octanol–water partition coefficient (Wildman–Crippen LogP) is 3.44. The Morgan fingerprint density at radius 3 is 2.89 bits per heavy atom. The maximum Gasteiger partial charge on any atom is 0.228 e. The summed E-state index contributed by atoms with van der Waals surface area (Å²) in [7, 11) is 0. The zero-order valence-electron chi connectivity index (χ0n) is 15.6. The topological polar surface area (TPSA) is 64.6 Å². The van der Waals surface area contributed by atoms with E-state index in [0.29, 0.717) is 19.7 Å². The van der Waals surface area contributed by atoms with E-state index in [9.17, 15) is 4.79 Å². The number of para-hydroxylation sites is 2. The van der Waals surface area contributed by atoms with Crippen LogP contribution in [0, 0.1) is 0 Å². The average molecular weight is 395 g/mol. The Balaban J connectivity index is 1.38. The second-order valence-electron chi connectivity index (χ2n) is 6.49. The number of likely N-dealkylation sites (N-methyl/N-ethyl adjacent to an activating group) is 1. The standard InChI is InChI=1S/C21H21N3O3S/c1-2-24(12-17-13-26-18-7-3-4-8-19(18)27-17)20(25)10-16-14-28-21(23-16)15-6-5-9-22-11-15/h3-9,11,14,17H,2,10,12-13H2,1H3. The van der Waals surface area contributed by atoms with Crippen LogP contribution < -0.4 is 9.47 Å². The lowest BCUT2D eigenvalue weighted by Gasteiger charge is -2.30. The molecular weight excluding hydrogens is 374 g/mol. The summed E-state index contributed by atoms with van der Waals surface area (Å²) in [6.45, 7) is 3.50. The van der Waals surface area contributed by atoms with Crippen LogP contribution in [0.25, 0.3) is 10.6 Å². The van der Waals surface area contributed by atoms with Gasteiger partial charge in [-0.15, -0.1) is 11.3 Å². The van der Waals surface area contributed by atoms with Gasteiger partial charge in [-0.1, -0.05) is 12.1 Å². The summed E-state index contributed by atoms with van der Waals surface area (Å²) < 4.78 is 11.7. The first-order chi connectivity index (χ1) is 13.7. The number of carbonyl (C=O) groups is 1. The fourth-order valence-electron chi connectivity index (χ4n) is 3.08. The van der Waals surface area contributed by atoms with Gasteiger partial charge < -0.3 is 14.4 Å². The Bertz CT molecular complexity index is 945. The van der Waals surface area contributed by atoms with E-state index in [1.807, 2.05) is 48.7 Å². The largest absolute Gasteiger partial charge is 0.486 e. The highest BCUT2D eigenvalue weighted by Crippen LogP contribution is 2.31. The fraction of sp³-hybridized carbons (Fsp3) is 0.286. The van der Waals surface area contributed by atoms with Gasteiger partial charge in [0, 0.05) is 29.9 Å². The molecule has 1 atom stereocenters. The number of pyridine rings is 1. The van der Waals surface area contributed by atoms with E-state index in [2.05, 4.69) is 9.97 Å². The van der Waals surface area contributed by atoms with Crippen molar-refractivity contribution in [3.63, 3.8) is 0 Å². The maximum atomic E-state index is 12.8. The van der Waals surface area contributed by atoms with Gasteiger partial charge in [0.1, 0.15) is 11.6 Å². The molecule has 0 saturated heterocycles. The average Bonchev–Trinajstić information content (AvgIpc) is 3.21. The fourth-order valence-corrected chi connectivity index (χ4v) is 3.89. The SMILES string of the molecule is CCN(CC1COc2ccccc2O1)C(=O)Cc1csc(-c2cccnc2)n1. The van der Waals surface area contributed by atoms with Crippen molar-refractivity contribution in [2.45, 2.75) is 19.4 Å². The van der Waals surface area contributed by atoms with Crippen LogP contribution in [0.2, 0.25) is 0 Å². The van der Waals surface area contributed by atoms with E-state index in [1.54, 1.807) is 17.3 Å². The minimum absolute atomic E-state index is 0.0352. The molecule has 1 aliphatic rings. The van der Waals surface area contributed by atoms with E-state index < -0.39 is 0 Å². The summed E-state index contributed by atoms with van der Waals surface area (Å²) in [5, 5.41) is 2.81. The van der Waals surface area contributed by atoms with Gasteiger partial charge in [-0.3, -0.25) is 9.78 Å². The van der Waals surface area contributed by atoms with Gasteiger partial charge in [0.15, 0.2) is 17.6 Å². The Morgan fingerprint density at radius 2 is 2.11 bits per heavy atom. The molecule has 3 aromatic rings. The predicted molar refractivity (Wildman–Crippen MR) is 108 cm³/mol. The minimum atomic E-state index is -0.180. The van der Waals surface area contributed by atoms with Crippen LogP contribution in [0.3, 0.4) is 0 Å². The Labute approximate surface area is 167 Å². The van der Waals surface area contributed by atoms with E-state index in [1.165, 1.54) is 11.3 Å². The van der Waals surface area contributed by atoms with Gasteiger partial charge in [-0.05, 0) is 31.2 Å². The molecule has 0 bridgehead atoms. The molecule has 1 aromatic carbocycles. The van der Waals surface area contributed by atoms with Gasteiger partial charge in [0.05, 0.1) is 18.7 Å². The molecule has 0 saturated carbocycles. The van der Waals surface area contributed by atoms with Crippen molar-refractivity contribution in [2.75, 3.05) is 19.7 Å². The summed E-state index contributed by atoms with van der Waals surface area (Å²) in [4.78, 5) is 23.3. The van der Waals surface area contributed by atoms with Crippen LogP contribution in [0.5, 0.6) is 11.5 Å². The monoisotopic (exact) mass is 395 g/mol. The molecule has 4 rings (SSSR count). The maximum absolute atomic E-state index is 12.8. The molecule has 7 heteroatoms. The van der Waals surface area contributed by atoms with E-state index in [4.69, 9.17) is 9.47 Å². The third kappa shape index (κ3) is 4.14. The van der Waals surface area contributed by atoms with Crippen LogP contribution in [0.4, 0.5) is 0 Å². The molecule has 0 aliphatic carbocycles. The third-order valence-corrected chi connectivity index (χ3v) is 5.46. The van der Waals surface area contributed by atoms with Crippen molar-refractivity contribution in [2.24, 2.45) is 0 Å². The first-order valence-electron chi connectivity index (χ1n) is 9.24. The summed E-state index contributed by atoms with van der Waals surface area (Å²) in [5.41, 5.74) is 1.74. The normalized spacial score (nSPS) is 15.2. The Kier molecular flexibility index (Phi) is 5.53. The highest BCUT2D eigenvalue weighted by atomic mass is 32.1. The highest BCUT2D eigenvalue weighted by molar-refractivity contribution is 7.13. The smallest absolute Gasteiger partial charge is 0.228 e. The summed E-state index contributed by atoms with van der Waals surface area (Å²) in [6, 6.07) is 11.4. The highest BCUT2D eigenvalue weighted by Gasteiger charge is 2.25. The van der Waals surface area contributed by atoms with Crippen molar-refractivity contribution in [3.8, 4) is 22.1 Å². The number of hydrogen-bond acceptors (Lipinski definition) is 6. The number of fused-ring (bicyclic) bond motifs is 1. The molecular formula is C21H21N3O3S. The molecule has 0 spiro atoms. The number of benzene rings is 1. The molecule has 3 heterocycles. The number of aromatic nitrogens is 2. The number of amides is 1. The second-order valence-corrected chi connectivity index (χ2v) is 7.35. The van der Waals surface area contributed by atoms with Gasteiger partial charge in [0.2, 0.25) is 5.91 Å². The van der Waals surface area contributed by atoms with Gasteiger partial charge in [0.25, 0.3) is 0 Å². The molecule has 28 heavy (non-hydrogen) atoms. The zero-order chi connectivity index (χ0) is 19.3. The number of nitrogens with zero attached hydrogens (tertiary/aromatic N) is 3. The van der Waals surface area contributed by atoms with E-state index in [0.717, 1.165) is 27.8 Å². The van der Waals surface area contributed by atoms with Crippen LogP contribution in [0.1, 0.15) is 12.6 Å². The lowest BCUT2D eigenvalue weighted by atomic mass is 10.2. The molecule has 6 nitrogen and oxygen atoms in total. The van der Waals surface area contributed by atoms with Crippen molar-refractivity contribution < 1.29 is 14.3 Å². The van der Waals surface area contributed by atoms with Crippen LogP contribution in [-0.4, -0.2) is 46.6 Å². The zero-order valence-corrected chi connectivity index (χ0v) is 16.4. The van der Waals surface area contributed by atoms with Crippen LogP contribution in [-0.2, 0) is 11.2 Å². The Hall–Kier alpha value is -2.93. The molecule has 144 valence electrons. The van der Waals surface area contributed by atoms with Gasteiger partial charge in [-0.25, -0.2) is 4.98 Å².